The van der Waals surface area contributed by atoms with Gasteiger partial charge in [0.2, 0.25) is 0 Å². The standard InChI is InChI=1S/C61H44N2O/c1-61(2)55-24-13-12-21-50(55)51-35-33-48(39-56(51)61)62(47-31-29-44(30-32-47)43-27-25-42(26-28-43)41-15-6-3-7-16-41)49-34-36-52-53-22-14-23-54-57(37-38-58(60(53)54)64-59(52)40-49)63(45-17-8-4-9-18-45)46-19-10-5-11-20-46/h3-40H,1-2H3. The molecular weight excluding hydrogens is 777 g/mol. The van der Waals surface area contributed by atoms with Crippen LogP contribution in [0.2, 0.25) is 0 Å². The van der Waals surface area contributed by atoms with Gasteiger partial charge in [0.1, 0.15) is 11.5 Å². The Morgan fingerprint density at radius 2 is 0.828 bits per heavy atom. The molecule has 10 aromatic carbocycles. The SMILES string of the molecule is CC1(C)c2ccccc2-c2ccc(N(c3ccc(-c4ccc(-c5ccccc5)cc4)cc3)c3ccc4c(c3)Oc3ccc(N(c5ccccc5)c5ccccc5)c5cccc-4c35)cc21. The molecule has 0 bridgehead atoms. The lowest BCUT2D eigenvalue weighted by molar-refractivity contribution is 0.487. The van der Waals surface area contributed by atoms with Crippen LogP contribution in [0.1, 0.15) is 25.0 Å². The summed E-state index contributed by atoms with van der Waals surface area (Å²) in [7, 11) is 0. The maximum absolute atomic E-state index is 6.98. The summed E-state index contributed by atoms with van der Waals surface area (Å²) in [5.41, 5.74) is 18.7. The summed E-state index contributed by atoms with van der Waals surface area (Å²) in [5.74, 6) is 1.69. The van der Waals surface area contributed by atoms with E-state index in [1.54, 1.807) is 0 Å². The van der Waals surface area contributed by atoms with Crippen molar-refractivity contribution in [2.45, 2.75) is 19.3 Å². The summed E-state index contributed by atoms with van der Waals surface area (Å²) < 4.78 is 6.98. The maximum Gasteiger partial charge on any atom is 0.137 e. The van der Waals surface area contributed by atoms with E-state index in [-0.39, 0.29) is 5.41 Å². The maximum atomic E-state index is 6.98. The number of anilines is 6. The molecule has 12 rings (SSSR count). The Bertz CT molecular complexity index is 3320. The third-order valence-corrected chi connectivity index (χ3v) is 13.3. The van der Waals surface area contributed by atoms with Crippen molar-refractivity contribution in [3.63, 3.8) is 0 Å². The van der Waals surface area contributed by atoms with Crippen molar-refractivity contribution in [2.24, 2.45) is 0 Å². The van der Waals surface area contributed by atoms with Gasteiger partial charge >= 0.3 is 0 Å². The molecule has 64 heavy (non-hydrogen) atoms. The van der Waals surface area contributed by atoms with E-state index in [4.69, 9.17) is 4.74 Å². The molecule has 0 amide bonds. The highest BCUT2D eigenvalue weighted by molar-refractivity contribution is 6.11. The zero-order valence-corrected chi connectivity index (χ0v) is 35.7. The van der Waals surface area contributed by atoms with Crippen LogP contribution in [0.15, 0.2) is 231 Å². The number of hydrogen-bond donors (Lipinski definition) is 0. The molecule has 1 heterocycles. The second kappa shape index (κ2) is 15.0. The number of para-hydroxylation sites is 2. The average molecular weight is 821 g/mol. The molecule has 304 valence electrons. The lowest BCUT2D eigenvalue weighted by Crippen LogP contribution is -2.16. The first-order valence-corrected chi connectivity index (χ1v) is 22.1. The van der Waals surface area contributed by atoms with Crippen molar-refractivity contribution < 1.29 is 4.74 Å². The first-order chi connectivity index (χ1) is 31.5. The molecule has 0 saturated carbocycles. The normalized spacial score (nSPS) is 12.8. The van der Waals surface area contributed by atoms with E-state index in [0.29, 0.717) is 0 Å². The minimum Gasteiger partial charge on any atom is -0.456 e. The van der Waals surface area contributed by atoms with E-state index >= 15 is 0 Å². The summed E-state index contributed by atoms with van der Waals surface area (Å²) in [6, 6.07) is 83.1. The molecule has 0 saturated heterocycles. The summed E-state index contributed by atoms with van der Waals surface area (Å²) in [5, 5.41) is 2.25. The highest BCUT2D eigenvalue weighted by Gasteiger charge is 2.36. The molecule has 0 aromatic heterocycles. The van der Waals surface area contributed by atoms with Crippen LogP contribution in [0, 0.1) is 0 Å². The fourth-order valence-electron chi connectivity index (χ4n) is 10.1. The molecule has 1 aliphatic heterocycles. The second-order valence-corrected chi connectivity index (χ2v) is 17.3. The molecule has 1 aliphatic carbocycles. The van der Waals surface area contributed by atoms with Crippen LogP contribution in [0.4, 0.5) is 34.1 Å². The summed E-state index contributed by atoms with van der Waals surface area (Å²) >= 11 is 0. The Kier molecular flexibility index (Phi) is 8.84. The van der Waals surface area contributed by atoms with Crippen LogP contribution in [0.25, 0.3) is 55.3 Å². The van der Waals surface area contributed by atoms with Crippen LogP contribution in [0.5, 0.6) is 11.5 Å². The van der Waals surface area contributed by atoms with Gasteiger partial charge in [-0.25, -0.2) is 0 Å². The first-order valence-electron chi connectivity index (χ1n) is 22.1. The van der Waals surface area contributed by atoms with Gasteiger partial charge < -0.3 is 14.5 Å². The van der Waals surface area contributed by atoms with E-state index in [1.807, 2.05) is 0 Å². The van der Waals surface area contributed by atoms with E-state index in [9.17, 15) is 0 Å². The Labute approximate surface area is 374 Å². The predicted molar refractivity (Wildman–Crippen MR) is 267 cm³/mol. The molecule has 3 nitrogen and oxygen atoms in total. The van der Waals surface area contributed by atoms with E-state index < -0.39 is 0 Å². The van der Waals surface area contributed by atoms with Gasteiger partial charge in [-0.1, -0.05) is 166 Å². The quantitative estimate of drug-likeness (QED) is 0.152. The van der Waals surface area contributed by atoms with Crippen molar-refractivity contribution in [1.29, 1.82) is 0 Å². The number of fused-ring (bicyclic) bond motifs is 5. The smallest absolute Gasteiger partial charge is 0.137 e. The third kappa shape index (κ3) is 6.20. The lowest BCUT2D eigenvalue weighted by Gasteiger charge is -2.31. The van der Waals surface area contributed by atoms with Crippen molar-refractivity contribution in [1.82, 2.24) is 0 Å². The second-order valence-electron chi connectivity index (χ2n) is 17.3. The molecule has 2 aliphatic rings. The van der Waals surface area contributed by atoms with E-state index in [1.165, 1.54) is 44.5 Å². The van der Waals surface area contributed by atoms with E-state index in [2.05, 4.69) is 254 Å². The fourth-order valence-corrected chi connectivity index (χ4v) is 10.1. The molecule has 10 aromatic rings. The Morgan fingerprint density at radius 1 is 0.328 bits per heavy atom. The molecular formula is C61H44N2O. The predicted octanol–water partition coefficient (Wildman–Crippen LogP) is 17.2. The van der Waals surface area contributed by atoms with Gasteiger partial charge in [0, 0.05) is 56.3 Å². The largest absolute Gasteiger partial charge is 0.456 e. The zero-order chi connectivity index (χ0) is 42.8. The monoisotopic (exact) mass is 820 g/mol. The highest BCUT2D eigenvalue weighted by atomic mass is 16.5. The van der Waals surface area contributed by atoms with Gasteiger partial charge in [-0.05, 0) is 123 Å². The van der Waals surface area contributed by atoms with Gasteiger partial charge in [-0.15, -0.1) is 0 Å². The molecule has 0 unspecified atom stereocenters. The van der Waals surface area contributed by atoms with Crippen molar-refractivity contribution in [3.8, 4) is 56.0 Å². The fraction of sp³-hybridized carbons (Fsp3) is 0.0492. The van der Waals surface area contributed by atoms with Crippen molar-refractivity contribution in [3.05, 3.63) is 242 Å². The van der Waals surface area contributed by atoms with Crippen molar-refractivity contribution >= 4 is 44.9 Å². The minimum absolute atomic E-state index is 0.139. The third-order valence-electron chi connectivity index (χ3n) is 13.3. The van der Waals surface area contributed by atoms with Crippen molar-refractivity contribution in [2.75, 3.05) is 9.80 Å². The first kappa shape index (κ1) is 37.6. The Balaban J connectivity index is 0.961. The van der Waals surface area contributed by atoms with Gasteiger partial charge in [0.15, 0.2) is 0 Å². The Morgan fingerprint density at radius 3 is 1.50 bits per heavy atom. The van der Waals surface area contributed by atoms with Crippen LogP contribution < -0.4 is 14.5 Å². The number of benzene rings is 10. The lowest BCUT2D eigenvalue weighted by atomic mass is 9.82. The van der Waals surface area contributed by atoms with Crippen LogP contribution in [0.3, 0.4) is 0 Å². The molecule has 3 heteroatoms. The molecule has 0 N–H and O–H groups in total. The number of ether oxygens (including phenoxy) is 1. The van der Waals surface area contributed by atoms with Gasteiger partial charge in [-0.2, -0.15) is 0 Å². The summed E-state index contributed by atoms with van der Waals surface area (Å²) in [4.78, 5) is 4.71. The summed E-state index contributed by atoms with van der Waals surface area (Å²) in [6.07, 6.45) is 0. The molecule has 0 spiro atoms. The topological polar surface area (TPSA) is 15.7 Å². The molecule has 0 atom stereocenters. The number of nitrogens with zero attached hydrogens (tertiary/aromatic N) is 2. The van der Waals surface area contributed by atoms with E-state index in [0.717, 1.165) is 67.5 Å². The Hall–Kier alpha value is -8.14. The minimum atomic E-state index is -0.139. The number of rotatable bonds is 8. The van der Waals surface area contributed by atoms with Crippen LogP contribution >= 0.6 is 0 Å². The van der Waals surface area contributed by atoms with Crippen LogP contribution in [-0.4, -0.2) is 0 Å². The van der Waals surface area contributed by atoms with Gasteiger partial charge in [-0.3, -0.25) is 0 Å². The van der Waals surface area contributed by atoms with Gasteiger partial charge in [0.05, 0.1) is 5.69 Å². The zero-order valence-electron chi connectivity index (χ0n) is 35.7. The average Bonchev–Trinajstić information content (AvgIpc) is 3.58. The highest BCUT2D eigenvalue weighted by Crippen LogP contribution is 2.54. The molecule has 0 radical (unpaired) electrons. The number of hydrogen-bond acceptors (Lipinski definition) is 3. The molecule has 0 fully saturated rings. The summed E-state index contributed by atoms with van der Waals surface area (Å²) in [6.45, 7) is 4.69. The van der Waals surface area contributed by atoms with Crippen LogP contribution in [-0.2, 0) is 5.41 Å². The van der Waals surface area contributed by atoms with Gasteiger partial charge in [0.25, 0.3) is 0 Å².